The van der Waals surface area contributed by atoms with E-state index < -0.39 is 11.9 Å². The van der Waals surface area contributed by atoms with Crippen LogP contribution in [0.2, 0.25) is 0 Å². The van der Waals surface area contributed by atoms with Gasteiger partial charge in [0, 0.05) is 5.57 Å². The van der Waals surface area contributed by atoms with Gasteiger partial charge in [0.15, 0.2) is 0 Å². The quantitative estimate of drug-likeness (QED) is 0.464. The van der Waals surface area contributed by atoms with Crippen molar-refractivity contribution in [2.45, 2.75) is 6.92 Å². The van der Waals surface area contributed by atoms with E-state index in [1.165, 1.54) is 0 Å². The van der Waals surface area contributed by atoms with Crippen LogP contribution in [0.1, 0.15) is 17.3 Å². The molecule has 0 aliphatic carbocycles. The summed E-state index contributed by atoms with van der Waals surface area (Å²) < 4.78 is 9.97. The Kier molecular flexibility index (Phi) is 5.69. The molecule has 4 heteroatoms. The summed E-state index contributed by atoms with van der Waals surface area (Å²) in [5.74, 6) is -0.943. The van der Waals surface area contributed by atoms with Crippen LogP contribution in [0.25, 0.3) is 11.1 Å². The summed E-state index contributed by atoms with van der Waals surface area (Å²) in [4.78, 5) is 23.2. The van der Waals surface area contributed by atoms with Crippen LogP contribution in [0.4, 0.5) is 0 Å². The first-order chi connectivity index (χ1) is 11.1. The molecule has 2 rings (SSSR count). The summed E-state index contributed by atoms with van der Waals surface area (Å²) in [5, 5.41) is 0. The van der Waals surface area contributed by atoms with E-state index in [1.54, 1.807) is 25.1 Å². The molecule has 0 fully saturated rings. The summed E-state index contributed by atoms with van der Waals surface area (Å²) in [7, 11) is 0. The Morgan fingerprint density at radius 2 is 1.57 bits per heavy atom. The van der Waals surface area contributed by atoms with Gasteiger partial charge in [-0.05, 0) is 30.2 Å². The first-order valence-electron chi connectivity index (χ1n) is 7.23. The minimum absolute atomic E-state index is 0.00736. The second-order valence-corrected chi connectivity index (χ2v) is 5.00. The minimum atomic E-state index is -0.493. The molecule has 0 spiro atoms. The molecular formula is C19H18O4. The molecule has 0 aliphatic rings. The Morgan fingerprint density at radius 3 is 2.26 bits per heavy atom. The molecule has 118 valence electrons. The highest BCUT2D eigenvalue weighted by Gasteiger charge is 2.09. The van der Waals surface area contributed by atoms with Crippen molar-refractivity contribution in [2.24, 2.45) is 0 Å². The number of benzene rings is 2. The number of ether oxygens (including phenoxy) is 2. The smallest absolute Gasteiger partial charge is 0.338 e. The van der Waals surface area contributed by atoms with Crippen LogP contribution in [0, 0.1) is 0 Å². The zero-order valence-corrected chi connectivity index (χ0v) is 13.0. The molecule has 0 atom stereocenters. The van der Waals surface area contributed by atoms with E-state index in [0.717, 1.165) is 11.1 Å². The molecule has 0 radical (unpaired) electrons. The van der Waals surface area contributed by atoms with Gasteiger partial charge in [-0.3, -0.25) is 0 Å². The van der Waals surface area contributed by atoms with Crippen LogP contribution in [0.5, 0.6) is 0 Å². The number of carbonyl (C=O) groups is 2. The number of hydrogen-bond donors (Lipinski definition) is 0. The molecule has 0 heterocycles. The third kappa shape index (κ3) is 4.81. The third-order valence-corrected chi connectivity index (χ3v) is 3.10. The fraction of sp³-hybridized carbons (Fsp3) is 0.158. The molecule has 0 unspecified atom stereocenters. The zero-order valence-electron chi connectivity index (χ0n) is 13.0. The maximum atomic E-state index is 12.0. The molecular weight excluding hydrogens is 292 g/mol. The fourth-order valence-corrected chi connectivity index (χ4v) is 1.93. The molecule has 4 nitrogen and oxygen atoms in total. The average Bonchev–Trinajstić information content (AvgIpc) is 2.59. The SMILES string of the molecule is C=C(C)C(=O)OCCOC(=O)c1cccc(-c2ccccc2)c1. The van der Waals surface area contributed by atoms with Crippen LogP contribution >= 0.6 is 0 Å². The van der Waals surface area contributed by atoms with Crippen LogP contribution in [0.3, 0.4) is 0 Å². The molecule has 0 saturated carbocycles. The summed E-state index contributed by atoms with van der Waals surface area (Å²) in [6.45, 7) is 5.05. The summed E-state index contributed by atoms with van der Waals surface area (Å²) >= 11 is 0. The van der Waals surface area contributed by atoms with Gasteiger partial charge in [-0.25, -0.2) is 9.59 Å². The van der Waals surface area contributed by atoms with Crippen molar-refractivity contribution in [3.05, 3.63) is 72.3 Å². The van der Waals surface area contributed by atoms with Crippen molar-refractivity contribution >= 4 is 11.9 Å². The van der Waals surface area contributed by atoms with E-state index in [0.29, 0.717) is 11.1 Å². The van der Waals surface area contributed by atoms with E-state index in [1.807, 2.05) is 36.4 Å². The maximum absolute atomic E-state index is 12.0. The largest absolute Gasteiger partial charge is 0.459 e. The van der Waals surface area contributed by atoms with Gasteiger partial charge >= 0.3 is 11.9 Å². The Morgan fingerprint density at radius 1 is 0.913 bits per heavy atom. The van der Waals surface area contributed by atoms with Crippen LogP contribution in [-0.4, -0.2) is 25.2 Å². The van der Waals surface area contributed by atoms with E-state index in [4.69, 9.17) is 9.47 Å². The number of esters is 2. The standard InChI is InChI=1S/C19H18O4/c1-14(2)18(20)22-11-12-23-19(21)17-10-6-9-16(13-17)15-7-4-3-5-8-15/h3-10,13H,1,11-12H2,2H3. The van der Waals surface area contributed by atoms with Gasteiger partial charge in [0.25, 0.3) is 0 Å². The van der Waals surface area contributed by atoms with Gasteiger partial charge in [0.05, 0.1) is 5.56 Å². The molecule has 2 aromatic rings. The molecule has 2 aromatic carbocycles. The molecule has 0 aromatic heterocycles. The predicted molar refractivity (Wildman–Crippen MR) is 87.9 cm³/mol. The second kappa shape index (κ2) is 7.94. The van der Waals surface area contributed by atoms with E-state index in [9.17, 15) is 9.59 Å². The van der Waals surface area contributed by atoms with Gasteiger partial charge in [-0.15, -0.1) is 0 Å². The lowest BCUT2D eigenvalue weighted by Gasteiger charge is -2.07. The van der Waals surface area contributed by atoms with Gasteiger partial charge in [0.1, 0.15) is 13.2 Å². The lowest BCUT2D eigenvalue weighted by molar-refractivity contribution is -0.140. The predicted octanol–water partition coefficient (Wildman–Crippen LogP) is 3.63. The Hall–Kier alpha value is -2.88. The Bertz CT molecular complexity index is 704. The normalized spacial score (nSPS) is 9.96. The van der Waals surface area contributed by atoms with Gasteiger partial charge in [0.2, 0.25) is 0 Å². The van der Waals surface area contributed by atoms with Crippen molar-refractivity contribution in [2.75, 3.05) is 13.2 Å². The molecule has 23 heavy (non-hydrogen) atoms. The summed E-state index contributed by atoms with van der Waals surface area (Å²) in [5.41, 5.74) is 2.73. The van der Waals surface area contributed by atoms with Gasteiger partial charge < -0.3 is 9.47 Å². The second-order valence-electron chi connectivity index (χ2n) is 5.00. The van der Waals surface area contributed by atoms with Crippen LogP contribution in [-0.2, 0) is 14.3 Å². The number of hydrogen-bond acceptors (Lipinski definition) is 4. The van der Waals surface area contributed by atoms with Crippen molar-refractivity contribution < 1.29 is 19.1 Å². The monoisotopic (exact) mass is 310 g/mol. The van der Waals surface area contributed by atoms with Crippen LogP contribution < -0.4 is 0 Å². The first kappa shape index (κ1) is 16.5. The fourth-order valence-electron chi connectivity index (χ4n) is 1.93. The molecule has 0 saturated heterocycles. The van der Waals surface area contributed by atoms with Gasteiger partial charge in [-0.2, -0.15) is 0 Å². The molecule has 0 amide bonds. The molecule has 0 N–H and O–H groups in total. The first-order valence-corrected chi connectivity index (χ1v) is 7.23. The molecule has 0 bridgehead atoms. The van der Waals surface area contributed by atoms with Crippen molar-refractivity contribution in [3.63, 3.8) is 0 Å². The highest BCUT2D eigenvalue weighted by molar-refractivity contribution is 5.91. The Labute approximate surface area is 135 Å². The summed E-state index contributed by atoms with van der Waals surface area (Å²) in [6, 6.07) is 17.0. The minimum Gasteiger partial charge on any atom is -0.459 e. The Balaban J connectivity index is 1.93. The van der Waals surface area contributed by atoms with E-state index >= 15 is 0 Å². The maximum Gasteiger partial charge on any atom is 0.338 e. The number of carbonyl (C=O) groups excluding carboxylic acids is 2. The van der Waals surface area contributed by atoms with E-state index in [-0.39, 0.29) is 13.2 Å². The highest BCUT2D eigenvalue weighted by atomic mass is 16.6. The van der Waals surface area contributed by atoms with Gasteiger partial charge in [-0.1, -0.05) is 49.0 Å². The topological polar surface area (TPSA) is 52.6 Å². The van der Waals surface area contributed by atoms with E-state index in [2.05, 4.69) is 6.58 Å². The van der Waals surface area contributed by atoms with Crippen LogP contribution in [0.15, 0.2) is 66.7 Å². The third-order valence-electron chi connectivity index (χ3n) is 3.10. The zero-order chi connectivity index (χ0) is 16.7. The van der Waals surface area contributed by atoms with Crippen molar-refractivity contribution in [1.82, 2.24) is 0 Å². The summed E-state index contributed by atoms with van der Waals surface area (Å²) in [6.07, 6.45) is 0. The van der Waals surface area contributed by atoms with Crippen molar-refractivity contribution in [3.8, 4) is 11.1 Å². The molecule has 0 aliphatic heterocycles. The average molecular weight is 310 g/mol. The highest BCUT2D eigenvalue weighted by Crippen LogP contribution is 2.20. The lowest BCUT2D eigenvalue weighted by Crippen LogP contribution is -2.14. The number of rotatable bonds is 6. The lowest BCUT2D eigenvalue weighted by atomic mass is 10.0. The van der Waals surface area contributed by atoms with Crippen molar-refractivity contribution in [1.29, 1.82) is 0 Å².